The summed E-state index contributed by atoms with van der Waals surface area (Å²) in [5.74, 6) is -2.45. The minimum absolute atomic E-state index is 0.0239. The van der Waals surface area contributed by atoms with E-state index in [0.29, 0.717) is 11.1 Å². The van der Waals surface area contributed by atoms with E-state index < -0.39 is 29.1 Å². The molecule has 0 fully saturated rings. The Balaban J connectivity index is 1.66. The van der Waals surface area contributed by atoms with Gasteiger partial charge in [0, 0.05) is 19.2 Å². The van der Waals surface area contributed by atoms with E-state index in [-0.39, 0.29) is 43.4 Å². The van der Waals surface area contributed by atoms with Crippen LogP contribution in [-0.2, 0) is 29.2 Å². The molecule has 4 rings (SSSR count). The second-order valence-electron chi connectivity index (χ2n) is 8.39. The highest BCUT2D eigenvalue weighted by Crippen LogP contribution is 2.30. The number of esters is 1. The Morgan fingerprint density at radius 2 is 1.66 bits per heavy atom. The Morgan fingerprint density at radius 1 is 1.06 bits per heavy atom. The fourth-order valence-corrected chi connectivity index (χ4v) is 3.94. The van der Waals surface area contributed by atoms with E-state index in [1.807, 2.05) is 0 Å². The summed E-state index contributed by atoms with van der Waals surface area (Å²) >= 11 is 0. The van der Waals surface area contributed by atoms with Gasteiger partial charge < -0.3 is 15.0 Å². The Morgan fingerprint density at radius 3 is 2.26 bits per heavy atom. The summed E-state index contributed by atoms with van der Waals surface area (Å²) in [7, 11) is 0. The zero-order valence-corrected chi connectivity index (χ0v) is 19.3. The van der Waals surface area contributed by atoms with Crippen molar-refractivity contribution in [2.24, 2.45) is 0 Å². The van der Waals surface area contributed by atoms with E-state index in [1.54, 1.807) is 26.0 Å². The average Bonchev–Trinajstić information content (AvgIpc) is 3.26. The molecule has 0 saturated carbocycles. The molecule has 1 aliphatic heterocycles. The molecule has 1 aliphatic rings. The number of rotatable bonds is 7. The number of carbonyl (C=O) groups excluding carboxylic acids is 3. The summed E-state index contributed by atoms with van der Waals surface area (Å²) in [6.45, 7) is 3.53. The van der Waals surface area contributed by atoms with Crippen LogP contribution < -0.4 is 5.32 Å². The fourth-order valence-electron chi connectivity index (χ4n) is 3.94. The highest BCUT2D eigenvalue weighted by molar-refractivity contribution is 6.01. The number of amides is 2. The van der Waals surface area contributed by atoms with Crippen LogP contribution in [0.2, 0.25) is 0 Å². The van der Waals surface area contributed by atoms with Gasteiger partial charge in [0.1, 0.15) is 22.9 Å². The molecule has 10 heteroatoms. The molecule has 182 valence electrons. The maximum atomic E-state index is 13.5. The van der Waals surface area contributed by atoms with E-state index in [0.717, 1.165) is 0 Å². The van der Waals surface area contributed by atoms with Crippen molar-refractivity contribution in [2.45, 2.75) is 39.0 Å². The summed E-state index contributed by atoms with van der Waals surface area (Å²) in [4.78, 5) is 40.5. The molecular formula is C25H24F2N4O4. The summed E-state index contributed by atoms with van der Waals surface area (Å²) < 4.78 is 33.0. The number of nitrogens with one attached hydrogen (secondary N) is 1. The van der Waals surface area contributed by atoms with Crippen molar-refractivity contribution in [2.75, 3.05) is 6.61 Å². The van der Waals surface area contributed by atoms with Crippen molar-refractivity contribution < 1.29 is 27.9 Å². The predicted molar refractivity (Wildman–Crippen MR) is 121 cm³/mol. The van der Waals surface area contributed by atoms with Crippen LogP contribution in [0.15, 0.2) is 54.6 Å². The number of carbonyl (C=O) groups is 3. The molecule has 35 heavy (non-hydrogen) atoms. The van der Waals surface area contributed by atoms with Crippen LogP contribution in [0.1, 0.15) is 46.0 Å². The second-order valence-corrected chi connectivity index (χ2v) is 8.39. The van der Waals surface area contributed by atoms with Crippen molar-refractivity contribution in [3.05, 3.63) is 88.7 Å². The summed E-state index contributed by atoms with van der Waals surface area (Å²) in [6.07, 6.45) is 0. The molecule has 0 aliphatic carbocycles. The molecule has 0 unspecified atom stereocenters. The van der Waals surface area contributed by atoms with Crippen LogP contribution >= 0.6 is 0 Å². The lowest BCUT2D eigenvalue weighted by molar-refractivity contribution is -0.133. The lowest BCUT2D eigenvalue weighted by Gasteiger charge is -2.43. The minimum atomic E-state index is -1.39. The topological polar surface area (TPSA) is 93.5 Å². The van der Waals surface area contributed by atoms with Gasteiger partial charge in [-0.3, -0.25) is 14.3 Å². The highest BCUT2D eigenvalue weighted by Gasteiger charge is 2.48. The van der Waals surface area contributed by atoms with Gasteiger partial charge in [0.2, 0.25) is 5.91 Å². The van der Waals surface area contributed by atoms with Crippen LogP contribution in [0.5, 0.6) is 0 Å². The van der Waals surface area contributed by atoms with E-state index in [1.165, 1.54) is 52.0 Å². The molecule has 2 aromatic carbocycles. The van der Waals surface area contributed by atoms with Gasteiger partial charge in [-0.25, -0.2) is 13.6 Å². The molecule has 1 aromatic heterocycles. The molecule has 2 amide bonds. The van der Waals surface area contributed by atoms with Gasteiger partial charge in [0.25, 0.3) is 5.91 Å². The Labute approximate surface area is 200 Å². The maximum absolute atomic E-state index is 13.5. The zero-order valence-electron chi connectivity index (χ0n) is 19.3. The van der Waals surface area contributed by atoms with Gasteiger partial charge in [-0.15, -0.1) is 0 Å². The largest absolute Gasteiger partial charge is 0.461 e. The standard InChI is InChI=1S/C25H24F2N4O4/c1-3-35-23(33)20-12-21-22(32)30(14-17-6-10-19(27)11-7-17)25(2,15-31(21)29-20)24(34)28-13-16-4-8-18(26)9-5-16/h4-12H,3,13-15H2,1-2H3,(H,28,34)/t25-/m1/s1. The zero-order chi connectivity index (χ0) is 25.2. The molecule has 0 radical (unpaired) electrons. The molecule has 0 saturated heterocycles. The quantitative estimate of drug-likeness (QED) is 0.523. The lowest BCUT2D eigenvalue weighted by Crippen LogP contribution is -2.63. The van der Waals surface area contributed by atoms with Crippen molar-refractivity contribution in [3.63, 3.8) is 0 Å². The first-order valence-electron chi connectivity index (χ1n) is 11.1. The third-order valence-corrected chi connectivity index (χ3v) is 5.89. The van der Waals surface area contributed by atoms with Gasteiger partial charge >= 0.3 is 5.97 Å². The highest BCUT2D eigenvalue weighted by atomic mass is 19.1. The number of hydrogen-bond acceptors (Lipinski definition) is 5. The first-order valence-corrected chi connectivity index (χ1v) is 11.1. The van der Waals surface area contributed by atoms with E-state index in [9.17, 15) is 23.2 Å². The first-order chi connectivity index (χ1) is 16.7. The van der Waals surface area contributed by atoms with Gasteiger partial charge in [-0.1, -0.05) is 24.3 Å². The first kappa shape index (κ1) is 24.1. The van der Waals surface area contributed by atoms with E-state index in [4.69, 9.17) is 4.74 Å². The van der Waals surface area contributed by atoms with E-state index >= 15 is 0 Å². The maximum Gasteiger partial charge on any atom is 0.358 e. The molecule has 0 bridgehead atoms. The van der Waals surface area contributed by atoms with E-state index in [2.05, 4.69) is 10.4 Å². The number of ether oxygens (including phenoxy) is 1. The molecule has 1 atom stereocenters. The van der Waals surface area contributed by atoms with Crippen LogP contribution in [0, 0.1) is 11.6 Å². The van der Waals surface area contributed by atoms with Crippen LogP contribution in [0.25, 0.3) is 0 Å². The van der Waals surface area contributed by atoms with Gasteiger partial charge in [-0.05, 0) is 49.2 Å². The summed E-state index contributed by atoms with van der Waals surface area (Å²) in [6, 6.07) is 12.7. The average molecular weight is 482 g/mol. The predicted octanol–water partition coefficient (Wildman–Crippen LogP) is 3.07. The van der Waals surface area contributed by atoms with Crippen LogP contribution in [0.4, 0.5) is 8.78 Å². The smallest absolute Gasteiger partial charge is 0.358 e. The lowest BCUT2D eigenvalue weighted by atomic mass is 9.94. The molecule has 2 heterocycles. The van der Waals surface area contributed by atoms with Gasteiger partial charge in [0.05, 0.1) is 13.2 Å². The van der Waals surface area contributed by atoms with Crippen LogP contribution in [0.3, 0.4) is 0 Å². The van der Waals surface area contributed by atoms with Crippen LogP contribution in [-0.4, -0.2) is 44.6 Å². The molecule has 3 aromatic rings. The molecule has 8 nitrogen and oxygen atoms in total. The number of halogens is 2. The van der Waals surface area contributed by atoms with Crippen molar-refractivity contribution in [3.8, 4) is 0 Å². The minimum Gasteiger partial charge on any atom is -0.461 e. The molecular weight excluding hydrogens is 458 g/mol. The normalized spacial score (nSPS) is 17.1. The number of hydrogen-bond donors (Lipinski definition) is 1. The van der Waals surface area contributed by atoms with Crippen molar-refractivity contribution >= 4 is 17.8 Å². The molecule has 1 N–H and O–H groups in total. The second kappa shape index (κ2) is 9.65. The van der Waals surface area contributed by atoms with Crippen molar-refractivity contribution in [1.82, 2.24) is 20.0 Å². The SMILES string of the molecule is CCOC(=O)c1cc2n(n1)C[C@](C)(C(=O)NCc1ccc(F)cc1)N(Cc1ccc(F)cc1)C2=O. The summed E-state index contributed by atoms with van der Waals surface area (Å²) in [5.41, 5.74) is 0.0129. The Kier molecular flexibility index (Phi) is 6.63. The number of nitrogens with zero attached hydrogens (tertiary/aromatic N) is 3. The number of benzene rings is 2. The molecule has 0 spiro atoms. The monoisotopic (exact) mass is 482 g/mol. The van der Waals surface area contributed by atoms with Gasteiger partial charge in [-0.2, -0.15) is 5.10 Å². The Bertz CT molecular complexity index is 1260. The fraction of sp³-hybridized carbons (Fsp3) is 0.280. The number of aromatic nitrogens is 2. The number of fused-ring (bicyclic) bond motifs is 1. The third kappa shape index (κ3) is 4.91. The Hall–Kier alpha value is -4.08. The van der Waals surface area contributed by atoms with Crippen molar-refractivity contribution in [1.29, 1.82) is 0 Å². The van der Waals surface area contributed by atoms with Gasteiger partial charge in [0.15, 0.2) is 5.69 Å². The summed E-state index contributed by atoms with van der Waals surface area (Å²) in [5, 5.41) is 7.01. The third-order valence-electron chi connectivity index (χ3n) is 5.89.